The van der Waals surface area contributed by atoms with E-state index in [4.69, 9.17) is 10.5 Å². The van der Waals surface area contributed by atoms with Gasteiger partial charge in [-0.25, -0.2) is 0 Å². The highest BCUT2D eigenvalue weighted by Gasteiger charge is 2.44. The van der Waals surface area contributed by atoms with E-state index in [1.807, 2.05) is 6.07 Å². The van der Waals surface area contributed by atoms with E-state index in [-0.39, 0.29) is 11.5 Å². The Labute approximate surface area is 108 Å². The summed E-state index contributed by atoms with van der Waals surface area (Å²) in [7, 11) is 0. The summed E-state index contributed by atoms with van der Waals surface area (Å²) in [6.45, 7) is 3.80. The molecule has 1 heterocycles. The smallest absolute Gasteiger partial charge is 0.115 e. The van der Waals surface area contributed by atoms with Gasteiger partial charge in [-0.15, -0.1) is 0 Å². The normalized spacial score (nSPS) is 35.4. The number of hydrogen-bond donors (Lipinski definition) is 2. The van der Waals surface area contributed by atoms with Gasteiger partial charge in [-0.05, 0) is 48.4 Å². The molecule has 1 aromatic rings. The number of phenolic OH excluding ortho intramolecular Hbond substituents is 1. The zero-order valence-corrected chi connectivity index (χ0v) is 10.9. The van der Waals surface area contributed by atoms with E-state index in [2.05, 4.69) is 13.0 Å². The molecule has 1 fully saturated rings. The Hall–Kier alpha value is -1.06. The zero-order valence-electron chi connectivity index (χ0n) is 10.9. The van der Waals surface area contributed by atoms with Crippen molar-refractivity contribution in [1.29, 1.82) is 0 Å². The van der Waals surface area contributed by atoms with Crippen LogP contribution in [0.1, 0.15) is 30.9 Å². The molecule has 1 aliphatic carbocycles. The van der Waals surface area contributed by atoms with E-state index < -0.39 is 0 Å². The molecule has 1 saturated heterocycles. The van der Waals surface area contributed by atoms with Gasteiger partial charge in [-0.1, -0.05) is 13.0 Å². The maximum absolute atomic E-state index is 9.74. The first-order valence-corrected chi connectivity index (χ1v) is 6.77. The molecule has 0 amide bonds. The third-order valence-corrected chi connectivity index (χ3v) is 4.83. The van der Waals surface area contributed by atoms with Crippen molar-refractivity contribution in [2.45, 2.75) is 37.6 Å². The Bertz CT molecular complexity index is 460. The molecular formula is C15H21NO2. The molecule has 0 radical (unpaired) electrons. The number of aromatic hydroxyl groups is 1. The van der Waals surface area contributed by atoms with Crippen LogP contribution in [0.3, 0.4) is 0 Å². The van der Waals surface area contributed by atoms with E-state index >= 15 is 0 Å². The van der Waals surface area contributed by atoms with E-state index in [0.717, 1.165) is 32.5 Å². The monoisotopic (exact) mass is 247 g/mol. The topological polar surface area (TPSA) is 55.5 Å². The molecule has 18 heavy (non-hydrogen) atoms. The fraction of sp³-hybridized carbons (Fsp3) is 0.600. The summed E-state index contributed by atoms with van der Waals surface area (Å²) in [5, 5.41) is 9.74. The largest absolute Gasteiger partial charge is 0.508 e. The summed E-state index contributed by atoms with van der Waals surface area (Å²) in [6, 6.07) is 5.91. The Morgan fingerprint density at radius 2 is 2.22 bits per heavy atom. The molecular weight excluding hydrogens is 226 g/mol. The average molecular weight is 247 g/mol. The Kier molecular flexibility index (Phi) is 2.83. The number of fused-ring (bicyclic) bond motifs is 4. The number of ether oxygens (including phenoxy) is 1. The van der Waals surface area contributed by atoms with Crippen LogP contribution < -0.4 is 5.73 Å². The van der Waals surface area contributed by atoms with E-state index in [1.165, 1.54) is 11.1 Å². The molecule has 3 heteroatoms. The fourth-order valence-electron chi connectivity index (χ4n) is 3.59. The molecule has 0 unspecified atom stereocenters. The van der Waals surface area contributed by atoms with Gasteiger partial charge in [0.25, 0.3) is 0 Å². The molecule has 1 aliphatic heterocycles. The highest BCUT2D eigenvalue weighted by molar-refractivity contribution is 5.43. The standard InChI is InChI=1S/C15H21NO2/c1-15-5-7-18-6-4-11(14(15)16)8-10-2-3-12(17)9-13(10)15/h2-3,9,11,14,17H,4-8,16H2,1H3/t11-,14-,15+/m1/s1. The lowest BCUT2D eigenvalue weighted by Crippen LogP contribution is -2.53. The fourth-order valence-corrected chi connectivity index (χ4v) is 3.59. The van der Waals surface area contributed by atoms with Gasteiger partial charge in [-0.2, -0.15) is 0 Å². The van der Waals surface area contributed by atoms with Crippen LogP contribution in [0.2, 0.25) is 0 Å². The molecule has 0 aromatic heterocycles. The summed E-state index contributed by atoms with van der Waals surface area (Å²) < 4.78 is 5.65. The van der Waals surface area contributed by atoms with Crippen LogP contribution in [-0.4, -0.2) is 24.4 Å². The number of rotatable bonds is 0. The van der Waals surface area contributed by atoms with Crippen LogP contribution in [0.25, 0.3) is 0 Å². The van der Waals surface area contributed by atoms with Crippen molar-refractivity contribution in [2.24, 2.45) is 11.7 Å². The van der Waals surface area contributed by atoms with Crippen LogP contribution >= 0.6 is 0 Å². The summed E-state index contributed by atoms with van der Waals surface area (Å²) in [5.74, 6) is 0.830. The van der Waals surface area contributed by atoms with Crippen LogP contribution in [0.4, 0.5) is 0 Å². The third-order valence-electron chi connectivity index (χ3n) is 4.83. The van der Waals surface area contributed by atoms with Crippen molar-refractivity contribution in [3.05, 3.63) is 29.3 Å². The van der Waals surface area contributed by atoms with Gasteiger partial charge < -0.3 is 15.6 Å². The lowest BCUT2D eigenvalue weighted by molar-refractivity contribution is 0.0575. The Morgan fingerprint density at radius 1 is 1.39 bits per heavy atom. The predicted octanol–water partition coefficient (Wildman–Crippen LogP) is 1.96. The minimum absolute atomic E-state index is 0.0720. The van der Waals surface area contributed by atoms with Crippen LogP contribution in [-0.2, 0) is 16.6 Å². The molecule has 3 nitrogen and oxygen atoms in total. The lowest BCUT2D eigenvalue weighted by atomic mass is 9.61. The van der Waals surface area contributed by atoms with Crippen LogP contribution in [0.5, 0.6) is 5.75 Å². The highest BCUT2D eigenvalue weighted by atomic mass is 16.5. The van der Waals surface area contributed by atoms with Gasteiger partial charge in [0, 0.05) is 24.7 Å². The van der Waals surface area contributed by atoms with Crippen molar-refractivity contribution in [3.63, 3.8) is 0 Å². The van der Waals surface area contributed by atoms with Crippen LogP contribution in [0, 0.1) is 5.92 Å². The first kappa shape index (κ1) is 12.0. The number of phenols is 1. The number of nitrogens with two attached hydrogens (primary N) is 1. The Balaban J connectivity index is 2.11. The minimum Gasteiger partial charge on any atom is -0.508 e. The predicted molar refractivity (Wildman–Crippen MR) is 70.7 cm³/mol. The SMILES string of the molecule is C[C@]12CCOCC[C@H](Cc3ccc(O)cc31)[C@H]2N. The number of hydrogen-bond acceptors (Lipinski definition) is 3. The maximum Gasteiger partial charge on any atom is 0.115 e. The third kappa shape index (κ3) is 1.73. The van der Waals surface area contributed by atoms with Gasteiger partial charge in [0.1, 0.15) is 5.75 Å². The first-order valence-electron chi connectivity index (χ1n) is 6.77. The summed E-state index contributed by atoms with van der Waals surface area (Å²) in [4.78, 5) is 0. The molecule has 2 aliphatic rings. The molecule has 98 valence electrons. The minimum atomic E-state index is -0.0720. The number of benzene rings is 1. The van der Waals surface area contributed by atoms with Gasteiger partial charge in [-0.3, -0.25) is 0 Å². The van der Waals surface area contributed by atoms with Gasteiger partial charge in [0.2, 0.25) is 0 Å². The van der Waals surface area contributed by atoms with E-state index in [1.54, 1.807) is 6.07 Å². The van der Waals surface area contributed by atoms with Crippen molar-refractivity contribution in [3.8, 4) is 5.75 Å². The summed E-state index contributed by atoms with van der Waals surface area (Å²) in [6.07, 6.45) is 2.98. The molecule has 1 aromatic carbocycles. The van der Waals surface area contributed by atoms with Crippen molar-refractivity contribution in [2.75, 3.05) is 13.2 Å². The Morgan fingerprint density at radius 3 is 3.06 bits per heavy atom. The van der Waals surface area contributed by atoms with Gasteiger partial charge >= 0.3 is 0 Å². The maximum atomic E-state index is 9.74. The van der Waals surface area contributed by atoms with Crippen LogP contribution in [0.15, 0.2) is 18.2 Å². The summed E-state index contributed by atoms with van der Waals surface area (Å²) in [5.41, 5.74) is 9.01. The van der Waals surface area contributed by atoms with Gasteiger partial charge in [0.05, 0.1) is 0 Å². The van der Waals surface area contributed by atoms with E-state index in [9.17, 15) is 5.11 Å². The highest BCUT2D eigenvalue weighted by Crippen LogP contribution is 2.44. The molecule has 3 atom stereocenters. The van der Waals surface area contributed by atoms with Gasteiger partial charge in [0.15, 0.2) is 0 Å². The van der Waals surface area contributed by atoms with Crippen molar-refractivity contribution >= 4 is 0 Å². The van der Waals surface area contributed by atoms with Crippen molar-refractivity contribution < 1.29 is 9.84 Å². The summed E-state index contributed by atoms with van der Waals surface area (Å²) >= 11 is 0. The second-order valence-corrected chi connectivity index (χ2v) is 5.90. The quantitative estimate of drug-likeness (QED) is 0.737. The second kappa shape index (κ2) is 4.25. The molecule has 2 bridgehead atoms. The molecule has 0 spiro atoms. The lowest BCUT2D eigenvalue weighted by Gasteiger charge is -2.47. The zero-order chi connectivity index (χ0) is 12.8. The second-order valence-electron chi connectivity index (χ2n) is 5.90. The first-order chi connectivity index (χ1) is 8.61. The van der Waals surface area contributed by atoms with E-state index in [0.29, 0.717) is 11.7 Å². The van der Waals surface area contributed by atoms with Crippen molar-refractivity contribution in [1.82, 2.24) is 0 Å². The molecule has 3 N–H and O–H groups in total. The molecule has 0 saturated carbocycles. The average Bonchev–Trinajstić information content (AvgIpc) is 2.35. The molecule has 3 rings (SSSR count).